The average molecular weight is 337 g/mol. The highest BCUT2D eigenvalue weighted by atomic mass is 16.5. The summed E-state index contributed by atoms with van der Waals surface area (Å²) >= 11 is 0. The summed E-state index contributed by atoms with van der Waals surface area (Å²) in [5, 5.41) is 3.93. The van der Waals surface area contributed by atoms with E-state index < -0.39 is 0 Å². The maximum absolute atomic E-state index is 11.8. The Kier molecular flexibility index (Phi) is 5.50. The molecule has 3 heterocycles. The van der Waals surface area contributed by atoms with Crippen LogP contribution in [0.5, 0.6) is 0 Å². The predicted octanol–water partition coefficient (Wildman–Crippen LogP) is 1.96. The van der Waals surface area contributed by atoms with Crippen molar-refractivity contribution in [2.45, 2.75) is 57.7 Å². The van der Waals surface area contributed by atoms with Crippen LogP contribution in [0, 0.1) is 5.92 Å². The Hall–Kier alpha value is -1.47. The van der Waals surface area contributed by atoms with Crippen molar-refractivity contribution in [2.75, 3.05) is 26.8 Å². The molecule has 0 N–H and O–H groups in total. The minimum absolute atomic E-state index is 0.0805. The van der Waals surface area contributed by atoms with Gasteiger partial charge in [-0.3, -0.25) is 4.79 Å². The van der Waals surface area contributed by atoms with Crippen molar-refractivity contribution in [3.05, 3.63) is 11.7 Å². The quantitative estimate of drug-likeness (QED) is 0.817. The molecule has 7 nitrogen and oxygen atoms in total. The van der Waals surface area contributed by atoms with Crippen molar-refractivity contribution in [3.8, 4) is 0 Å². The summed E-state index contributed by atoms with van der Waals surface area (Å²) in [4.78, 5) is 18.2. The van der Waals surface area contributed by atoms with Gasteiger partial charge in [0.15, 0.2) is 5.82 Å². The SMILES string of the molecule is CCC(=O)N1CCC2(CC1)CC(Cc1nc(COC)no1)CCO2. The van der Waals surface area contributed by atoms with Gasteiger partial charge in [-0.15, -0.1) is 0 Å². The smallest absolute Gasteiger partial charge is 0.227 e. The zero-order valence-electron chi connectivity index (χ0n) is 14.6. The molecule has 2 aliphatic rings. The highest BCUT2D eigenvalue weighted by molar-refractivity contribution is 5.75. The Bertz CT molecular complexity index is 552. The first-order chi connectivity index (χ1) is 11.6. The molecule has 0 aromatic carbocycles. The Morgan fingerprint density at radius 3 is 2.92 bits per heavy atom. The van der Waals surface area contributed by atoms with E-state index in [-0.39, 0.29) is 11.5 Å². The number of hydrogen-bond acceptors (Lipinski definition) is 6. The minimum atomic E-state index is -0.0805. The summed E-state index contributed by atoms with van der Waals surface area (Å²) in [7, 11) is 1.62. The third-order valence-electron chi connectivity index (χ3n) is 5.17. The van der Waals surface area contributed by atoms with Crippen LogP contribution in [-0.4, -0.2) is 53.4 Å². The van der Waals surface area contributed by atoms with Gasteiger partial charge < -0.3 is 18.9 Å². The zero-order chi connectivity index (χ0) is 17.0. The van der Waals surface area contributed by atoms with Crippen LogP contribution in [0.25, 0.3) is 0 Å². The lowest BCUT2D eigenvalue weighted by molar-refractivity contribution is -0.147. The van der Waals surface area contributed by atoms with E-state index in [1.807, 2.05) is 11.8 Å². The predicted molar refractivity (Wildman–Crippen MR) is 86.2 cm³/mol. The van der Waals surface area contributed by atoms with E-state index in [1.54, 1.807) is 7.11 Å². The molecule has 0 bridgehead atoms. The normalized spacial score (nSPS) is 23.6. The number of amides is 1. The highest BCUT2D eigenvalue weighted by Crippen LogP contribution is 2.38. The molecular formula is C17H27N3O4. The number of aromatic nitrogens is 2. The molecule has 1 unspecified atom stereocenters. The number of nitrogens with zero attached hydrogens (tertiary/aromatic N) is 3. The maximum Gasteiger partial charge on any atom is 0.227 e. The summed E-state index contributed by atoms with van der Waals surface area (Å²) in [6.07, 6.45) is 5.24. The Labute approximate surface area is 142 Å². The molecule has 1 amide bonds. The number of piperidine rings is 1. The molecule has 1 aromatic rings. The first-order valence-electron chi connectivity index (χ1n) is 8.86. The van der Waals surface area contributed by atoms with Crippen LogP contribution in [0.4, 0.5) is 0 Å². The van der Waals surface area contributed by atoms with E-state index in [0.29, 0.717) is 30.7 Å². The minimum Gasteiger partial charge on any atom is -0.377 e. The fraction of sp³-hybridized carbons (Fsp3) is 0.824. The Morgan fingerprint density at radius 1 is 1.42 bits per heavy atom. The van der Waals surface area contributed by atoms with Gasteiger partial charge in [-0.25, -0.2) is 0 Å². The monoisotopic (exact) mass is 337 g/mol. The molecule has 0 saturated carbocycles. The second-order valence-electron chi connectivity index (χ2n) is 6.87. The van der Waals surface area contributed by atoms with Crippen LogP contribution in [0.2, 0.25) is 0 Å². The van der Waals surface area contributed by atoms with Crippen LogP contribution in [-0.2, 0) is 27.3 Å². The van der Waals surface area contributed by atoms with Crippen molar-refractivity contribution >= 4 is 5.91 Å². The number of hydrogen-bond donors (Lipinski definition) is 0. The average Bonchev–Trinajstić information content (AvgIpc) is 3.02. The van der Waals surface area contributed by atoms with Gasteiger partial charge in [-0.05, 0) is 31.6 Å². The molecule has 2 fully saturated rings. The molecule has 0 aliphatic carbocycles. The summed E-state index contributed by atoms with van der Waals surface area (Å²) in [5.74, 6) is 2.01. The van der Waals surface area contributed by atoms with E-state index in [1.165, 1.54) is 0 Å². The van der Waals surface area contributed by atoms with E-state index in [0.717, 1.165) is 51.8 Å². The molecule has 3 rings (SSSR count). The molecule has 1 atom stereocenters. The number of rotatable bonds is 5. The summed E-state index contributed by atoms with van der Waals surface area (Å²) in [6, 6.07) is 0. The Balaban J connectivity index is 1.55. The van der Waals surface area contributed by atoms with Gasteiger partial charge in [0.25, 0.3) is 0 Å². The molecule has 24 heavy (non-hydrogen) atoms. The largest absolute Gasteiger partial charge is 0.377 e. The van der Waals surface area contributed by atoms with Gasteiger partial charge in [0.05, 0.1) is 5.60 Å². The fourth-order valence-electron chi connectivity index (χ4n) is 3.85. The first-order valence-corrected chi connectivity index (χ1v) is 8.86. The lowest BCUT2D eigenvalue weighted by Crippen LogP contribution is -2.50. The van der Waals surface area contributed by atoms with E-state index in [2.05, 4.69) is 10.1 Å². The van der Waals surface area contributed by atoms with E-state index >= 15 is 0 Å². The number of likely N-dealkylation sites (tertiary alicyclic amines) is 1. The van der Waals surface area contributed by atoms with Gasteiger partial charge in [0.1, 0.15) is 6.61 Å². The number of carbonyl (C=O) groups excluding carboxylic acids is 1. The van der Waals surface area contributed by atoms with Crippen LogP contribution < -0.4 is 0 Å². The van der Waals surface area contributed by atoms with Crippen molar-refractivity contribution < 1.29 is 18.8 Å². The third kappa shape index (κ3) is 3.95. The molecule has 2 aliphatic heterocycles. The zero-order valence-corrected chi connectivity index (χ0v) is 14.6. The van der Waals surface area contributed by atoms with Crippen LogP contribution in [0.1, 0.15) is 50.7 Å². The standard InChI is InChI=1S/C17H27N3O4/c1-3-16(21)20-7-5-17(6-8-20)11-13(4-9-23-17)10-15-18-14(12-22-2)19-24-15/h13H,3-12H2,1-2H3. The second kappa shape index (κ2) is 7.61. The molecule has 1 aromatic heterocycles. The summed E-state index contributed by atoms with van der Waals surface area (Å²) < 4.78 is 16.5. The molecular weight excluding hydrogens is 310 g/mol. The summed E-state index contributed by atoms with van der Waals surface area (Å²) in [5.41, 5.74) is -0.0805. The lowest BCUT2D eigenvalue weighted by Gasteiger charge is -2.46. The molecule has 1 spiro atoms. The molecule has 134 valence electrons. The second-order valence-corrected chi connectivity index (χ2v) is 6.87. The van der Waals surface area contributed by atoms with Gasteiger partial charge in [0, 0.05) is 39.6 Å². The number of carbonyl (C=O) groups is 1. The van der Waals surface area contributed by atoms with E-state index in [9.17, 15) is 4.79 Å². The van der Waals surface area contributed by atoms with Gasteiger partial charge in [-0.1, -0.05) is 12.1 Å². The van der Waals surface area contributed by atoms with E-state index in [4.69, 9.17) is 14.0 Å². The molecule has 2 saturated heterocycles. The number of ether oxygens (including phenoxy) is 2. The van der Waals surface area contributed by atoms with Crippen molar-refractivity contribution in [3.63, 3.8) is 0 Å². The van der Waals surface area contributed by atoms with Crippen LogP contribution >= 0.6 is 0 Å². The highest BCUT2D eigenvalue weighted by Gasteiger charge is 2.41. The Morgan fingerprint density at radius 2 is 2.21 bits per heavy atom. The third-order valence-corrected chi connectivity index (χ3v) is 5.17. The molecule has 0 radical (unpaired) electrons. The summed E-state index contributed by atoms with van der Waals surface area (Å²) in [6.45, 7) is 4.67. The van der Waals surface area contributed by atoms with Crippen molar-refractivity contribution in [1.82, 2.24) is 15.0 Å². The number of methoxy groups -OCH3 is 1. The topological polar surface area (TPSA) is 77.7 Å². The fourth-order valence-corrected chi connectivity index (χ4v) is 3.85. The van der Waals surface area contributed by atoms with Crippen molar-refractivity contribution in [1.29, 1.82) is 0 Å². The first kappa shape index (κ1) is 17.4. The molecule has 7 heteroatoms. The van der Waals surface area contributed by atoms with Crippen LogP contribution in [0.15, 0.2) is 4.52 Å². The maximum atomic E-state index is 11.8. The van der Waals surface area contributed by atoms with Gasteiger partial charge >= 0.3 is 0 Å². The van der Waals surface area contributed by atoms with Crippen LogP contribution in [0.3, 0.4) is 0 Å². The van der Waals surface area contributed by atoms with Gasteiger partial charge in [-0.2, -0.15) is 4.98 Å². The lowest BCUT2D eigenvalue weighted by atomic mass is 9.78. The van der Waals surface area contributed by atoms with Gasteiger partial charge in [0.2, 0.25) is 11.8 Å². The van der Waals surface area contributed by atoms with Crippen molar-refractivity contribution in [2.24, 2.45) is 5.92 Å².